The van der Waals surface area contributed by atoms with Crippen molar-refractivity contribution < 1.29 is 23.7 Å². The fraction of sp³-hybridized carbons (Fsp3) is 0.154. The molecule has 1 aliphatic rings. The summed E-state index contributed by atoms with van der Waals surface area (Å²) in [6.07, 6.45) is 0. The summed E-state index contributed by atoms with van der Waals surface area (Å²) in [4.78, 5) is 12.3. The molecule has 0 aliphatic carbocycles. The van der Waals surface area contributed by atoms with Crippen molar-refractivity contribution in [2.75, 3.05) is 13.2 Å². The second-order valence-corrected chi connectivity index (χ2v) is 7.78. The van der Waals surface area contributed by atoms with E-state index in [2.05, 4.69) is 6.07 Å². The minimum absolute atomic E-state index is 0.00337. The van der Waals surface area contributed by atoms with Crippen LogP contribution in [-0.4, -0.2) is 19.2 Å². The zero-order chi connectivity index (χ0) is 24.1. The molecule has 0 saturated carbocycles. The molecule has 0 radical (unpaired) electrons. The summed E-state index contributed by atoms with van der Waals surface area (Å²) < 4.78 is 22.1. The number of benzene rings is 3. The number of hydrogen-bond acceptors (Lipinski definition) is 7. The van der Waals surface area contributed by atoms with Crippen molar-refractivity contribution in [2.45, 2.75) is 12.8 Å². The smallest absolute Gasteiger partial charge is 0.349 e. The fourth-order valence-corrected chi connectivity index (χ4v) is 3.75. The fourth-order valence-electron chi connectivity index (χ4n) is 3.63. The van der Waals surface area contributed by atoms with Crippen molar-refractivity contribution in [3.8, 4) is 29.1 Å². The number of nitrogens with zero attached hydrogens (tertiary/aromatic N) is 1. The highest BCUT2D eigenvalue weighted by Gasteiger charge is 2.31. The Labute approximate surface area is 201 Å². The van der Waals surface area contributed by atoms with Crippen LogP contribution >= 0.6 is 11.6 Å². The zero-order valence-corrected chi connectivity index (χ0v) is 19.0. The van der Waals surface area contributed by atoms with Gasteiger partial charge in [-0.15, -0.1) is 0 Å². The van der Waals surface area contributed by atoms with Gasteiger partial charge in [0, 0.05) is 16.7 Å². The van der Waals surface area contributed by atoms with Crippen molar-refractivity contribution >= 4 is 17.6 Å². The van der Waals surface area contributed by atoms with Crippen LogP contribution in [0.4, 0.5) is 0 Å². The van der Waals surface area contributed by atoms with Crippen LogP contribution in [-0.2, 0) is 4.79 Å². The topological polar surface area (TPSA) is 104 Å². The van der Waals surface area contributed by atoms with Gasteiger partial charge in [-0.1, -0.05) is 29.8 Å². The number of esters is 1. The van der Waals surface area contributed by atoms with E-state index in [1.807, 2.05) is 31.2 Å². The summed E-state index contributed by atoms with van der Waals surface area (Å²) in [6.45, 7) is 2.14. The van der Waals surface area contributed by atoms with E-state index in [0.29, 0.717) is 34.5 Å². The van der Waals surface area contributed by atoms with Crippen LogP contribution in [0.2, 0.25) is 5.02 Å². The Hall–Kier alpha value is -4.15. The Bertz CT molecular complexity index is 1280. The van der Waals surface area contributed by atoms with E-state index in [-0.39, 0.29) is 18.2 Å². The molecular formula is C26H21ClN2O5. The minimum Gasteiger partial charge on any atom is -0.494 e. The first kappa shape index (κ1) is 23.0. The van der Waals surface area contributed by atoms with Gasteiger partial charge < -0.3 is 24.7 Å². The standard InChI is InChI=1S/C26H21ClN2O5/c1-2-31-19-5-3-4-16(12-19)25-21-11-10-20(13-23(21)34-26(29)22(25)14-28)33-24(30)15-32-18-8-6-17(27)7-9-18/h3-13,25H,2,15,29H2,1H3. The van der Waals surface area contributed by atoms with Crippen LogP contribution in [0.3, 0.4) is 0 Å². The Morgan fingerprint density at radius 1 is 1.06 bits per heavy atom. The third-order valence-electron chi connectivity index (χ3n) is 5.09. The zero-order valence-electron chi connectivity index (χ0n) is 18.3. The molecule has 1 atom stereocenters. The maximum atomic E-state index is 12.3. The summed E-state index contributed by atoms with van der Waals surface area (Å²) in [6, 6.07) is 21.2. The number of halogens is 1. The quantitative estimate of drug-likeness (QED) is 0.380. The van der Waals surface area contributed by atoms with Gasteiger partial charge in [0.05, 0.1) is 12.5 Å². The van der Waals surface area contributed by atoms with Crippen LogP contribution in [0.5, 0.6) is 23.0 Å². The second kappa shape index (κ2) is 10.2. The molecule has 0 aromatic heterocycles. The number of ether oxygens (including phenoxy) is 4. The van der Waals surface area contributed by atoms with Crippen molar-refractivity contribution in [1.29, 1.82) is 5.26 Å². The first-order valence-corrected chi connectivity index (χ1v) is 10.9. The van der Waals surface area contributed by atoms with Gasteiger partial charge in [0.15, 0.2) is 6.61 Å². The lowest BCUT2D eigenvalue weighted by Gasteiger charge is -2.27. The number of fused-ring (bicyclic) bond motifs is 1. The van der Waals surface area contributed by atoms with E-state index >= 15 is 0 Å². The summed E-state index contributed by atoms with van der Waals surface area (Å²) in [7, 11) is 0. The van der Waals surface area contributed by atoms with Crippen molar-refractivity contribution in [3.63, 3.8) is 0 Å². The number of hydrogen-bond donors (Lipinski definition) is 1. The number of carbonyl (C=O) groups is 1. The molecule has 4 rings (SSSR count). The molecule has 8 heteroatoms. The number of nitrogens with two attached hydrogens (primary N) is 1. The van der Waals surface area contributed by atoms with E-state index in [1.54, 1.807) is 42.5 Å². The summed E-state index contributed by atoms with van der Waals surface area (Å²) >= 11 is 5.84. The lowest BCUT2D eigenvalue weighted by Crippen LogP contribution is -2.21. The van der Waals surface area contributed by atoms with Crippen molar-refractivity contribution in [3.05, 3.63) is 94.3 Å². The van der Waals surface area contributed by atoms with Gasteiger partial charge in [-0.2, -0.15) is 5.26 Å². The van der Waals surface area contributed by atoms with Gasteiger partial charge in [0.2, 0.25) is 5.88 Å². The van der Waals surface area contributed by atoms with E-state index in [0.717, 1.165) is 11.1 Å². The number of rotatable bonds is 7. The Kier molecular flexibility index (Phi) is 6.90. The predicted octanol–water partition coefficient (Wildman–Crippen LogP) is 4.94. The molecule has 2 N–H and O–H groups in total. The SMILES string of the molecule is CCOc1cccc(C2C(C#N)=C(N)Oc3cc(OC(=O)COc4ccc(Cl)cc4)ccc32)c1. The summed E-state index contributed by atoms with van der Waals surface area (Å²) in [5.41, 5.74) is 7.91. The van der Waals surface area contributed by atoms with E-state index in [1.165, 1.54) is 0 Å². The molecule has 34 heavy (non-hydrogen) atoms. The third kappa shape index (κ3) is 5.08. The third-order valence-corrected chi connectivity index (χ3v) is 5.35. The maximum Gasteiger partial charge on any atom is 0.349 e. The average molecular weight is 477 g/mol. The highest BCUT2D eigenvalue weighted by atomic mass is 35.5. The molecule has 1 unspecified atom stereocenters. The molecule has 3 aromatic rings. The Morgan fingerprint density at radius 2 is 1.82 bits per heavy atom. The summed E-state index contributed by atoms with van der Waals surface area (Å²) in [5, 5.41) is 10.3. The molecule has 0 saturated heterocycles. The van der Waals surface area contributed by atoms with Crippen LogP contribution in [0.1, 0.15) is 24.0 Å². The molecule has 0 amide bonds. The molecule has 0 spiro atoms. The van der Waals surface area contributed by atoms with Crippen LogP contribution < -0.4 is 24.7 Å². The molecule has 1 aliphatic heterocycles. The van der Waals surface area contributed by atoms with Gasteiger partial charge in [-0.25, -0.2) is 4.79 Å². The molecular weight excluding hydrogens is 456 g/mol. The second-order valence-electron chi connectivity index (χ2n) is 7.35. The number of allylic oxidation sites excluding steroid dienone is 1. The lowest BCUT2D eigenvalue weighted by molar-refractivity contribution is -0.136. The molecule has 172 valence electrons. The van der Waals surface area contributed by atoms with E-state index < -0.39 is 11.9 Å². The normalized spacial score (nSPS) is 14.4. The van der Waals surface area contributed by atoms with Gasteiger partial charge in [0.25, 0.3) is 0 Å². The molecule has 3 aromatic carbocycles. The van der Waals surface area contributed by atoms with Gasteiger partial charge >= 0.3 is 5.97 Å². The minimum atomic E-state index is -0.590. The van der Waals surface area contributed by atoms with Crippen molar-refractivity contribution in [2.24, 2.45) is 5.73 Å². The number of carbonyl (C=O) groups excluding carboxylic acids is 1. The number of nitriles is 1. The molecule has 0 bridgehead atoms. The Balaban J connectivity index is 1.55. The maximum absolute atomic E-state index is 12.3. The predicted molar refractivity (Wildman–Crippen MR) is 126 cm³/mol. The van der Waals surface area contributed by atoms with Crippen LogP contribution in [0.15, 0.2) is 78.2 Å². The van der Waals surface area contributed by atoms with E-state index in [9.17, 15) is 10.1 Å². The first-order valence-electron chi connectivity index (χ1n) is 10.5. The molecule has 7 nitrogen and oxygen atoms in total. The largest absolute Gasteiger partial charge is 0.494 e. The van der Waals surface area contributed by atoms with Gasteiger partial charge in [0.1, 0.15) is 34.6 Å². The van der Waals surface area contributed by atoms with Crippen LogP contribution in [0, 0.1) is 11.3 Å². The highest BCUT2D eigenvalue weighted by Crippen LogP contribution is 2.44. The van der Waals surface area contributed by atoms with Gasteiger partial charge in [-0.05, 0) is 55.0 Å². The van der Waals surface area contributed by atoms with Gasteiger partial charge in [-0.3, -0.25) is 0 Å². The van der Waals surface area contributed by atoms with E-state index in [4.69, 9.17) is 36.3 Å². The molecule has 1 heterocycles. The highest BCUT2D eigenvalue weighted by molar-refractivity contribution is 6.30. The molecule has 0 fully saturated rings. The first-order chi connectivity index (χ1) is 16.5. The van der Waals surface area contributed by atoms with Crippen LogP contribution in [0.25, 0.3) is 0 Å². The summed E-state index contributed by atoms with van der Waals surface area (Å²) in [5.74, 6) is 0.798. The lowest BCUT2D eigenvalue weighted by atomic mass is 9.83. The van der Waals surface area contributed by atoms with Crippen molar-refractivity contribution in [1.82, 2.24) is 0 Å². The average Bonchev–Trinajstić information content (AvgIpc) is 2.83. The monoisotopic (exact) mass is 476 g/mol. The Morgan fingerprint density at radius 3 is 2.56 bits per heavy atom.